The van der Waals surface area contributed by atoms with E-state index in [1.807, 2.05) is 4.90 Å². The van der Waals surface area contributed by atoms with Gasteiger partial charge in [0.1, 0.15) is 5.82 Å². The van der Waals surface area contributed by atoms with Crippen molar-refractivity contribution in [3.63, 3.8) is 0 Å². The number of amides is 1. The largest absolute Gasteiger partial charge is 0.417 e. The van der Waals surface area contributed by atoms with E-state index in [1.165, 1.54) is 25.3 Å². The molecule has 0 unspecified atom stereocenters. The first-order valence-electron chi connectivity index (χ1n) is 8.21. The van der Waals surface area contributed by atoms with Crippen molar-refractivity contribution in [2.75, 3.05) is 36.4 Å². The van der Waals surface area contributed by atoms with Gasteiger partial charge in [-0.05, 0) is 24.3 Å². The van der Waals surface area contributed by atoms with Crippen molar-refractivity contribution < 1.29 is 18.0 Å². The van der Waals surface area contributed by atoms with Gasteiger partial charge in [-0.3, -0.25) is 4.79 Å². The number of rotatable bonds is 3. The molecule has 1 fully saturated rings. The molecule has 0 aliphatic carbocycles. The van der Waals surface area contributed by atoms with E-state index >= 15 is 0 Å². The monoisotopic (exact) mass is 399 g/mol. The number of carbonyl (C=O) groups excluding carboxylic acids is 1. The second-order valence-electron chi connectivity index (χ2n) is 6.05. The van der Waals surface area contributed by atoms with Crippen LogP contribution in [0.4, 0.5) is 30.6 Å². The second-order valence-corrected chi connectivity index (χ2v) is 6.46. The summed E-state index contributed by atoms with van der Waals surface area (Å²) in [6, 6.07) is 5.15. The van der Waals surface area contributed by atoms with Crippen LogP contribution in [0.1, 0.15) is 12.5 Å². The molecule has 1 aromatic heterocycles. The van der Waals surface area contributed by atoms with E-state index in [1.54, 1.807) is 11.0 Å². The Kier molecular flexibility index (Phi) is 5.41. The van der Waals surface area contributed by atoms with E-state index in [4.69, 9.17) is 11.6 Å². The van der Waals surface area contributed by atoms with Gasteiger partial charge in [-0.1, -0.05) is 11.6 Å². The number of nitrogens with one attached hydrogen (secondary N) is 1. The number of anilines is 3. The van der Waals surface area contributed by atoms with Gasteiger partial charge in [-0.15, -0.1) is 0 Å². The zero-order valence-electron chi connectivity index (χ0n) is 14.4. The van der Waals surface area contributed by atoms with Gasteiger partial charge in [0, 0.05) is 45.0 Å². The molecule has 1 aromatic carbocycles. The van der Waals surface area contributed by atoms with E-state index in [2.05, 4.69) is 15.3 Å². The maximum atomic E-state index is 13.0. The Bertz CT molecular complexity index is 838. The molecule has 1 N–H and O–H groups in total. The average Bonchev–Trinajstić information content (AvgIpc) is 2.63. The van der Waals surface area contributed by atoms with Crippen molar-refractivity contribution in [2.24, 2.45) is 0 Å². The predicted octanol–water partition coefficient (Wildman–Crippen LogP) is 3.56. The Morgan fingerprint density at radius 1 is 1.19 bits per heavy atom. The van der Waals surface area contributed by atoms with Crippen LogP contribution in [-0.2, 0) is 11.0 Å². The second kappa shape index (κ2) is 7.59. The summed E-state index contributed by atoms with van der Waals surface area (Å²) in [6.07, 6.45) is -3.01. The number of alkyl halides is 3. The molecule has 6 nitrogen and oxygen atoms in total. The lowest BCUT2D eigenvalue weighted by molar-refractivity contribution is -0.137. The fourth-order valence-electron chi connectivity index (χ4n) is 2.76. The number of nitrogens with zero attached hydrogens (tertiary/aromatic N) is 4. The first-order chi connectivity index (χ1) is 12.7. The van der Waals surface area contributed by atoms with Crippen molar-refractivity contribution >= 4 is 35.0 Å². The molecule has 0 bridgehead atoms. The minimum absolute atomic E-state index is 0.0224. The maximum absolute atomic E-state index is 13.0. The summed E-state index contributed by atoms with van der Waals surface area (Å²) in [5.74, 6) is 0.840. The molecule has 0 saturated carbocycles. The zero-order valence-corrected chi connectivity index (χ0v) is 15.2. The summed E-state index contributed by atoms with van der Waals surface area (Å²) >= 11 is 5.64. The van der Waals surface area contributed by atoms with Crippen LogP contribution in [0, 0.1) is 0 Å². The molecule has 2 aromatic rings. The van der Waals surface area contributed by atoms with Gasteiger partial charge in [0.2, 0.25) is 11.9 Å². The van der Waals surface area contributed by atoms with Crippen molar-refractivity contribution in [3.8, 4) is 0 Å². The van der Waals surface area contributed by atoms with Crippen LogP contribution in [-0.4, -0.2) is 47.0 Å². The van der Waals surface area contributed by atoms with E-state index in [0.29, 0.717) is 37.9 Å². The first-order valence-corrected chi connectivity index (χ1v) is 8.59. The summed E-state index contributed by atoms with van der Waals surface area (Å²) in [4.78, 5) is 23.6. The van der Waals surface area contributed by atoms with Crippen LogP contribution in [0.25, 0.3) is 0 Å². The van der Waals surface area contributed by atoms with Gasteiger partial charge < -0.3 is 15.1 Å². The first kappa shape index (κ1) is 19.2. The number of hydrogen-bond acceptors (Lipinski definition) is 5. The number of piperazine rings is 1. The maximum Gasteiger partial charge on any atom is 0.417 e. The fraction of sp³-hybridized carbons (Fsp3) is 0.353. The van der Waals surface area contributed by atoms with Crippen LogP contribution in [0.15, 0.2) is 30.5 Å². The number of halogens is 4. The highest BCUT2D eigenvalue weighted by Gasteiger charge is 2.33. The number of hydrogen-bond donors (Lipinski definition) is 1. The Hall–Kier alpha value is -2.55. The van der Waals surface area contributed by atoms with Crippen LogP contribution in [0.3, 0.4) is 0 Å². The summed E-state index contributed by atoms with van der Waals surface area (Å²) < 4.78 is 39.0. The van der Waals surface area contributed by atoms with Gasteiger partial charge >= 0.3 is 6.18 Å². The highest BCUT2D eigenvalue weighted by molar-refractivity contribution is 6.31. The van der Waals surface area contributed by atoms with Crippen molar-refractivity contribution in [2.45, 2.75) is 13.1 Å². The average molecular weight is 400 g/mol. The molecule has 0 radical (unpaired) electrons. The molecule has 3 rings (SSSR count). The number of aromatic nitrogens is 2. The van der Waals surface area contributed by atoms with Crippen LogP contribution < -0.4 is 10.2 Å². The lowest BCUT2D eigenvalue weighted by Crippen LogP contribution is -2.48. The Labute approximate surface area is 159 Å². The lowest BCUT2D eigenvalue weighted by Gasteiger charge is -2.34. The molecule has 27 heavy (non-hydrogen) atoms. The van der Waals surface area contributed by atoms with Crippen LogP contribution >= 0.6 is 11.6 Å². The highest BCUT2D eigenvalue weighted by atomic mass is 35.5. The molecule has 2 heterocycles. The molecule has 1 aliphatic rings. The minimum Gasteiger partial charge on any atom is -0.340 e. The standard InChI is InChI=1S/C17H17ClF3N5O/c1-11(27)25-6-8-26(9-7-25)16-22-5-4-15(24-16)23-12-2-3-14(18)13(10-12)17(19,20)21/h2-5,10H,6-9H2,1H3,(H,22,23,24). The SMILES string of the molecule is CC(=O)N1CCN(c2nccc(Nc3ccc(Cl)c(C(F)(F)F)c3)n2)CC1. The topological polar surface area (TPSA) is 61.4 Å². The highest BCUT2D eigenvalue weighted by Crippen LogP contribution is 2.36. The van der Waals surface area contributed by atoms with E-state index in [-0.39, 0.29) is 16.6 Å². The third kappa shape index (κ3) is 4.60. The molecule has 0 atom stereocenters. The summed E-state index contributed by atoms with van der Waals surface area (Å²) in [7, 11) is 0. The normalized spacial score (nSPS) is 15.0. The summed E-state index contributed by atoms with van der Waals surface area (Å²) in [6.45, 7) is 3.84. The lowest BCUT2D eigenvalue weighted by atomic mass is 10.2. The van der Waals surface area contributed by atoms with Gasteiger partial charge in [0.25, 0.3) is 0 Å². The van der Waals surface area contributed by atoms with Gasteiger partial charge in [0.15, 0.2) is 0 Å². The molecular formula is C17H17ClF3N5O. The Morgan fingerprint density at radius 2 is 1.89 bits per heavy atom. The van der Waals surface area contributed by atoms with Gasteiger partial charge in [-0.25, -0.2) is 4.98 Å². The van der Waals surface area contributed by atoms with E-state index < -0.39 is 11.7 Å². The van der Waals surface area contributed by atoms with Crippen molar-refractivity contribution in [3.05, 3.63) is 41.0 Å². The zero-order chi connectivity index (χ0) is 19.6. The predicted molar refractivity (Wildman–Crippen MR) is 96.2 cm³/mol. The quantitative estimate of drug-likeness (QED) is 0.855. The molecule has 1 aliphatic heterocycles. The third-order valence-corrected chi connectivity index (χ3v) is 4.52. The van der Waals surface area contributed by atoms with Crippen molar-refractivity contribution in [1.29, 1.82) is 0 Å². The number of carbonyl (C=O) groups is 1. The fourth-order valence-corrected chi connectivity index (χ4v) is 2.98. The minimum atomic E-state index is -4.54. The molecular weight excluding hydrogens is 383 g/mol. The molecule has 1 saturated heterocycles. The molecule has 1 amide bonds. The molecule has 144 valence electrons. The Balaban J connectivity index is 1.74. The molecule has 0 spiro atoms. The molecule has 10 heteroatoms. The van der Waals surface area contributed by atoms with Gasteiger partial charge in [0.05, 0.1) is 10.6 Å². The third-order valence-electron chi connectivity index (χ3n) is 4.19. The van der Waals surface area contributed by atoms with Crippen LogP contribution in [0.2, 0.25) is 5.02 Å². The summed E-state index contributed by atoms with van der Waals surface area (Å²) in [5, 5.41) is 2.49. The van der Waals surface area contributed by atoms with Crippen molar-refractivity contribution in [1.82, 2.24) is 14.9 Å². The summed E-state index contributed by atoms with van der Waals surface area (Å²) in [5.41, 5.74) is -0.693. The van der Waals surface area contributed by atoms with Gasteiger partial charge in [-0.2, -0.15) is 18.2 Å². The smallest absolute Gasteiger partial charge is 0.340 e. The Morgan fingerprint density at radius 3 is 2.52 bits per heavy atom. The van der Waals surface area contributed by atoms with Crippen LogP contribution in [0.5, 0.6) is 0 Å². The van der Waals surface area contributed by atoms with E-state index in [9.17, 15) is 18.0 Å². The van der Waals surface area contributed by atoms with E-state index in [0.717, 1.165) is 6.07 Å². The number of benzene rings is 1.